The second-order valence-electron chi connectivity index (χ2n) is 5.11. The first-order valence-corrected chi connectivity index (χ1v) is 7.61. The van der Waals surface area contributed by atoms with Gasteiger partial charge in [0, 0.05) is 16.6 Å². The van der Waals surface area contributed by atoms with Crippen molar-refractivity contribution in [3.05, 3.63) is 35.0 Å². The number of fused-ring (bicyclic) bond motifs is 1. The Labute approximate surface area is 124 Å². The monoisotopic (exact) mass is 307 g/mol. The molecular weight excluding hydrogens is 293 g/mol. The van der Waals surface area contributed by atoms with Gasteiger partial charge < -0.3 is 10.0 Å². The minimum Gasteiger partial charge on any atom is -0.480 e. The molecular formula is C15H14FNO3S. The van der Waals surface area contributed by atoms with Crippen LogP contribution in [0, 0.1) is 5.82 Å². The molecule has 1 atom stereocenters. The van der Waals surface area contributed by atoms with Crippen molar-refractivity contribution < 1.29 is 19.1 Å². The number of nitrogens with zero attached hydrogens (tertiary/aromatic N) is 1. The van der Waals surface area contributed by atoms with Gasteiger partial charge in [0.15, 0.2) is 0 Å². The molecule has 2 heterocycles. The molecule has 0 aliphatic carbocycles. The fourth-order valence-electron chi connectivity index (χ4n) is 2.70. The summed E-state index contributed by atoms with van der Waals surface area (Å²) in [7, 11) is 0. The Hall–Kier alpha value is -1.95. The number of piperidine rings is 1. The summed E-state index contributed by atoms with van der Waals surface area (Å²) in [4.78, 5) is 25.6. The van der Waals surface area contributed by atoms with Gasteiger partial charge in [-0.05, 0) is 37.5 Å². The lowest BCUT2D eigenvalue weighted by atomic mass is 10.0. The lowest BCUT2D eigenvalue weighted by Gasteiger charge is -2.32. The molecule has 3 rings (SSSR count). The van der Waals surface area contributed by atoms with Crippen molar-refractivity contribution in [3.8, 4) is 0 Å². The predicted octanol–water partition coefficient (Wildman–Crippen LogP) is 3.12. The van der Waals surface area contributed by atoms with Crippen LogP contribution in [0.4, 0.5) is 4.39 Å². The van der Waals surface area contributed by atoms with E-state index in [1.165, 1.54) is 28.4 Å². The molecule has 6 heteroatoms. The number of carbonyl (C=O) groups excluding carboxylic acids is 1. The van der Waals surface area contributed by atoms with E-state index in [9.17, 15) is 19.1 Å². The van der Waals surface area contributed by atoms with Gasteiger partial charge in [-0.3, -0.25) is 4.79 Å². The van der Waals surface area contributed by atoms with E-state index in [0.717, 1.165) is 12.8 Å². The summed E-state index contributed by atoms with van der Waals surface area (Å²) in [5.41, 5.74) is 0. The molecule has 1 aromatic heterocycles. The van der Waals surface area contributed by atoms with Crippen LogP contribution in [0.1, 0.15) is 28.9 Å². The van der Waals surface area contributed by atoms with Crippen molar-refractivity contribution in [3.63, 3.8) is 0 Å². The summed E-state index contributed by atoms with van der Waals surface area (Å²) in [5, 5.41) is 9.65. The van der Waals surface area contributed by atoms with Crippen LogP contribution in [-0.4, -0.2) is 34.5 Å². The Balaban J connectivity index is 1.95. The van der Waals surface area contributed by atoms with Crippen molar-refractivity contribution >= 4 is 33.3 Å². The first-order valence-electron chi connectivity index (χ1n) is 6.80. The molecule has 1 aliphatic rings. The summed E-state index contributed by atoms with van der Waals surface area (Å²) in [5.74, 6) is -1.66. The third-order valence-electron chi connectivity index (χ3n) is 3.77. The zero-order chi connectivity index (χ0) is 15.0. The van der Waals surface area contributed by atoms with Crippen LogP contribution >= 0.6 is 11.3 Å². The summed E-state index contributed by atoms with van der Waals surface area (Å²) >= 11 is 1.20. The number of thiophene rings is 1. The van der Waals surface area contributed by atoms with Crippen molar-refractivity contribution in [1.82, 2.24) is 4.90 Å². The average Bonchev–Trinajstić information content (AvgIpc) is 2.92. The van der Waals surface area contributed by atoms with Gasteiger partial charge in [-0.15, -0.1) is 11.3 Å². The maximum absolute atomic E-state index is 13.7. The van der Waals surface area contributed by atoms with Crippen molar-refractivity contribution in [2.75, 3.05) is 6.54 Å². The Kier molecular flexibility index (Phi) is 3.63. The Morgan fingerprint density at radius 2 is 2.14 bits per heavy atom. The molecule has 0 saturated carbocycles. The predicted molar refractivity (Wildman–Crippen MR) is 78.1 cm³/mol. The molecule has 21 heavy (non-hydrogen) atoms. The molecule has 0 bridgehead atoms. The van der Waals surface area contributed by atoms with Crippen LogP contribution in [0.25, 0.3) is 10.1 Å². The van der Waals surface area contributed by atoms with E-state index in [2.05, 4.69) is 0 Å². The molecule has 0 radical (unpaired) electrons. The zero-order valence-electron chi connectivity index (χ0n) is 11.2. The molecule has 0 spiro atoms. The lowest BCUT2D eigenvalue weighted by Crippen LogP contribution is -2.47. The second-order valence-corrected chi connectivity index (χ2v) is 6.19. The Bertz CT molecular complexity index is 712. The van der Waals surface area contributed by atoms with Gasteiger partial charge in [-0.1, -0.05) is 6.07 Å². The van der Waals surface area contributed by atoms with E-state index in [-0.39, 0.29) is 11.7 Å². The molecule has 1 aromatic carbocycles. The largest absolute Gasteiger partial charge is 0.480 e. The number of carbonyl (C=O) groups is 2. The summed E-state index contributed by atoms with van der Waals surface area (Å²) < 4.78 is 14.4. The third-order valence-corrected chi connectivity index (χ3v) is 4.86. The number of rotatable bonds is 2. The van der Waals surface area contributed by atoms with E-state index < -0.39 is 12.0 Å². The molecule has 1 aliphatic heterocycles. The van der Waals surface area contributed by atoms with Crippen LogP contribution in [0.5, 0.6) is 0 Å². The summed E-state index contributed by atoms with van der Waals surface area (Å²) in [6.45, 7) is 0.437. The second kappa shape index (κ2) is 5.44. The van der Waals surface area contributed by atoms with Gasteiger partial charge in [0.2, 0.25) is 0 Å². The number of amides is 1. The summed E-state index contributed by atoms with van der Waals surface area (Å²) in [6.07, 6.45) is 2.08. The minimum atomic E-state index is -0.977. The van der Waals surface area contributed by atoms with Crippen LogP contribution < -0.4 is 0 Å². The number of hydrogen-bond donors (Lipinski definition) is 1. The third kappa shape index (κ3) is 2.51. The first kappa shape index (κ1) is 14.0. The quantitative estimate of drug-likeness (QED) is 0.927. The van der Waals surface area contributed by atoms with Gasteiger partial charge in [0.1, 0.15) is 11.9 Å². The van der Waals surface area contributed by atoms with Crippen molar-refractivity contribution in [1.29, 1.82) is 0 Å². The van der Waals surface area contributed by atoms with Crippen LogP contribution in [-0.2, 0) is 4.79 Å². The highest BCUT2D eigenvalue weighted by atomic mass is 32.1. The number of hydrogen-bond acceptors (Lipinski definition) is 3. The van der Waals surface area contributed by atoms with Gasteiger partial charge in [0.05, 0.1) is 4.88 Å². The fraction of sp³-hybridized carbons (Fsp3) is 0.333. The Morgan fingerprint density at radius 3 is 2.86 bits per heavy atom. The topological polar surface area (TPSA) is 57.6 Å². The molecule has 110 valence electrons. The number of halogens is 1. The SMILES string of the molecule is O=C(O)[C@@H]1CCCCN1C(=O)c1cc2c(F)cccc2s1. The molecule has 1 saturated heterocycles. The molecule has 4 nitrogen and oxygen atoms in total. The number of aliphatic carboxylic acids is 1. The maximum atomic E-state index is 13.7. The first-order chi connectivity index (χ1) is 10.1. The van der Waals surface area contributed by atoms with Crippen LogP contribution in [0.15, 0.2) is 24.3 Å². The summed E-state index contributed by atoms with van der Waals surface area (Å²) in [6, 6.07) is 5.45. The molecule has 2 aromatic rings. The zero-order valence-corrected chi connectivity index (χ0v) is 12.0. The van der Waals surface area contributed by atoms with Gasteiger partial charge in [-0.2, -0.15) is 0 Å². The number of benzene rings is 1. The van der Waals surface area contributed by atoms with E-state index in [1.54, 1.807) is 12.1 Å². The van der Waals surface area contributed by atoms with Gasteiger partial charge >= 0.3 is 5.97 Å². The fourth-order valence-corrected chi connectivity index (χ4v) is 3.73. The lowest BCUT2D eigenvalue weighted by molar-refractivity contribution is -0.143. The highest BCUT2D eigenvalue weighted by Gasteiger charge is 2.33. The molecule has 0 unspecified atom stereocenters. The van der Waals surface area contributed by atoms with Crippen LogP contribution in [0.3, 0.4) is 0 Å². The molecule has 1 amide bonds. The smallest absolute Gasteiger partial charge is 0.326 e. The molecule has 1 N–H and O–H groups in total. The highest BCUT2D eigenvalue weighted by Crippen LogP contribution is 2.30. The Morgan fingerprint density at radius 1 is 1.33 bits per heavy atom. The number of carboxylic acid groups (broad SMARTS) is 1. The average molecular weight is 307 g/mol. The van der Waals surface area contributed by atoms with Gasteiger partial charge in [-0.25, -0.2) is 9.18 Å². The maximum Gasteiger partial charge on any atom is 0.326 e. The van der Waals surface area contributed by atoms with Crippen molar-refractivity contribution in [2.45, 2.75) is 25.3 Å². The van der Waals surface area contributed by atoms with E-state index in [0.29, 0.717) is 27.9 Å². The van der Waals surface area contributed by atoms with Crippen LogP contribution in [0.2, 0.25) is 0 Å². The standard InChI is InChI=1S/C15H14FNO3S/c16-10-4-3-6-12-9(10)8-13(21-12)14(18)17-7-2-1-5-11(17)15(19)20/h3-4,6,8,11H,1-2,5,7H2,(H,19,20)/t11-/m0/s1. The van der Waals surface area contributed by atoms with E-state index in [1.807, 2.05) is 0 Å². The normalized spacial score (nSPS) is 18.9. The number of likely N-dealkylation sites (tertiary alicyclic amines) is 1. The molecule has 1 fully saturated rings. The van der Waals surface area contributed by atoms with E-state index >= 15 is 0 Å². The van der Waals surface area contributed by atoms with Crippen molar-refractivity contribution in [2.24, 2.45) is 0 Å². The van der Waals surface area contributed by atoms with E-state index in [4.69, 9.17) is 0 Å². The minimum absolute atomic E-state index is 0.317. The number of carboxylic acids is 1. The highest BCUT2D eigenvalue weighted by molar-refractivity contribution is 7.20. The van der Waals surface area contributed by atoms with Gasteiger partial charge in [0.25, 0.3) is 5.91 Å².